The quantitative estimate of drug-likeness (QED) is 0.855. The molecule has 0 aliphatic rings. The molecule has 0 unspecified atom stereocenters. The van der Waals surface area contributed by atoms with Gasteiger partial charge in [-0.25, -0.2) is 0 Å². The number of carbonyl (C=O) groups excluding carboxylic acids is 1. The predicted octanol–water partition coefficient (Wildman–Crippen LogP) is 3.58. The fourth-order valence-electron chi connectivity index (χ4n) is 1.70. The summed E-state index contributed by atoms with van der Waals surface area (Å²) >= 11 is 3.48. The molecule has 0 fully saturated rings. The van der Waals surface area contributed by atoms with Crippen LogP contribution in [0.5, 0.6) is 5.75 Å². The molecule has 2 aromatic carbocycles. The van der Waals surface area contributed by atoms with Crippen LogP contribution in [-0.2, 0) is 4.79 Å². The zero-order valence-corrected chi connectivity index (χ0v) is 13.1. The highest BCUT2D eigenvalue weighted by Crippen LogP contribution is 2.30. The highest BCUT2D eigenvalue weighted by atomic mass is 79.9. The second-order valence-corrected chi connectivity index (χ2v) is 5.44. The first-order valence-corrected chi connectivity index (χ1v) is 7.05. The SMILES string of the molecule is CN(C)C(=O)COc1ccc(-c2ccccc2)cc1Br. The summed E-state index contributed by atoms with van der Waals surface area (Å²) in [5.41, 5.74) is 2.24. The van der Waals surface area contributed by atoms with Crippen molar-refractivity contribution in [2.45, 2.75) is 0 Å². The zero-order chi connectivity index (χ0) is 14.5. The van der Waals surface area contributed by atoms with E-state index >= 15 is 0 Å². The van der Waals surface area contributed by atoms with E-state index in [-0.39, 0.29) is 12.5 Å². The lowest BCUT2D eigenvalue weighted by atomic mass is 10.1. The molecule has 0 aliphatic carbocycles. The molecule has 0 bridgehead atoms. The minimum Gasteiger partial charge on any atom is -0.483 e. The van der Waals surface area contributed by atoms with Gasteiger partial charge in [-0.2, -0.15) is 0 Å². The molecule has 0 spiro atoms. The second kappa shape index (κ2) is 6.57. The number of hydrogen-bond donors (Lipinski definition) is 0. The monoisotopic (exact) mass is 333 g/mol. The van der Waals surface area contributed by atoms with Crippen molar-refractivity contribution in [1.29, 1.82) is 0 Å². The molecule has 3 nitrogen and oxygen atoms in total. The van der Waals surface area contributed by atoms with Gasteiger partial charge in [-0.3, -0.25) is 4.79 Å². The molecule has 0 N–H and O–H groups in total. The molecule has 0 atom stereocenters. The van der Waals surface area contributed by atoms with Gasteiger partial charge in [0.2, 0.25) is 0 Å². The van der Waals surface area contributed by atoms with E-state index in [1.54, 1.807) is 14.1 Å². The third-order valence-electron chi connectivity index (χ3n) is 2.89. The summed E-state index contributed by atoms with van der Waals surface area (Å²) in [5, 5.41) is 0. The minimum atomic E-state index is -0.0657. The molecule has 20 heavy (non-hydrogen) atoms. The summed E-state index contributed by atoms with van der Waals surface area (Å²) in [5.74, 6) is 0.601. The van der Waals surface area contributed by atoms with Crippen molar-refractivity contribution in [2.24, 2.45) is 0 Å². The lowest BCUT2D eigenvalue weighted by Gasteiger charge is -2.13. The van der Waals surface area contributed by atoms with E-state index < -0.39 is 0 Å². The lowest BCUT2D eigenvalue weighted by molar-refractivity contribution is -0.130. The van der Waals surface area contributed by atoms with Crippen molar-refractivity contribution in [3.63, 3.8) is 0 Å². The molecule has 0 saturated carbocycles. The van der Waals surface area contributed by atoms with Crippen LogP contribution in [0.4, 0.5) is 0 Å². The average molecular weight is 334 g/mol. The zero-order valence-electron chi connectivity index (χ0n) is 11.5. The van der Waals surface area contributed by atoms with Crippen molar-refractivity contribution in [2.75, 3.05) is 20.7 Å². The van der Waals surface area contributed by atoms with Crippen LogP contribution < -0.4 is 4.74 Å². The number of ether oxygens (including phenoxy) is 1. The van der Waals surface area contributed by atoms with Crippen molar-refractivity contribution in [1.82, 2.24) is 4.90 Å². The van der Waals surface area contributed by atoms with Crippen LogP contribution in [0.15, 0.2) is 53.0 Å². The number of benzene rings is 2. The van der Waals surface area contributed by atoms with Gasteiger partial charge in [-0.1, -0.05) is 36.4 Å². The van der Waals surface area contributed by atoms with Gasteiger partial charge in [0.15, 0.2) is 6.61 Å². The maximum atomic E-state index is 11.5. The first kappa shape index (κ1) is 14.6. The molecule has 0 aromatic heterocycles. The Morgan fingerprint density at radius 1 is 1.10 bits per heavy atom. The normalized spacial score (nSPS) is 10.2. The molecule has 1 amide bonds. The Morgan fingerprint density at radius 2 is 1.80 bits per heavy atom. The molecule has 2 aromatic rings. The summed E-state index contributed by atoms with van der Waals surface area (Å²) in [4.78, 5) is 13.0. The molecule has 104 valence electrons. The summed E-state index contributed by atoms with van der Waals surface area (Å²) in [7, 11) is 3.42. The van der Waals surface area contributed by atoms with E-state index in [0.717, 1.165) is 15.6 Å². The molecule has 2 rings (SSSR count). The Morgan fingerprint density at radius 3 is 2.40 bits per heavy atom. The van der Waals surface area contributed by atoms with Crippen LogP contribution in [0.3, 0.4) is 0 Å². The number of amides is 1. The highest BCUT2D eigenvalue weighted by molar-refractivity contribution is 9.10. The lowest BCUT2D eigenvalue weighted by Crippen LogP contribution is -2.27. The Kier molecular flexibility index (Phi) is 4.79. The number of likely N-dealkylation sites (N-methyl/N-ethyl adjacent to an activating group) is 1. The third-order valence-corrected chi connectivity index (χ3v) is 3.51. The first-order valence-electron chi connectivity index (χ1n) is 6.26. The van der Waals surface area contributed by atoms with E-state index in [1.807, 2.05) is 36.4 Å². The smallest absolute Gasteiger partial charge is 0.259 e. The Hall–Kier alpha value is -1.81. The van der Waals surface area contributed by atoms with E-state index in [2.05, 4.69) is 28.1 Å². The third kappa shape index (κ3) is 3.61. The maximum absolute atomic E-state index is 11.5. The Labute approximate surface area is 127 Å². The van der Waals surface area contributed by atoms with Crippen molar-refractivity contribution < 1.29 is 9.53 Å². The highest BCUT2D eigenvalue weighted by Gasteiger charge is 2.08. The van der Waals surface area contributed by atoms with E-state index in [9.17, 15) is 4.79 Å². The number of nitrogens with zero attached hydrogens (tertiary/aromatic N) is 1. The molecular weight excluding hydrogens is 318 g/mol. The number of hydrogen-bond acceptors (Lipinski definition) is 2. The van der Waals surface area contributed by atoms with Gasteiger partial charge in [0.05, 0.1) is 4.47 Å². The fraction of sp³-hybridized carbons (Fsp3) is 0.188. The molecule has 0 heterocycles. The van der Waals surface area contributed by atoms with Gasteiger partial charge in [0, 0.05) is 14.1 Å². The van der Waals surface area contributed by atoms with Crippen molar-refractivity contribution in [3.05, 3.63) is 53.0 Å². The summed E-state index contributed by atoms with van der Waals surface area (Å²) < 4.78 is 6.35. The number of halogens is 1. The van der Waals surface area contributed by atoms with Crippen molar-refractivity contribution in [3.8, 4) is 16.9 Å². The molecule has 0 radical (unpaired) electrons. The average Bonchev–Trinajstić information content (AvgIpc) is 2.46. The minimum absolute atomic E-state index is 0.0380. The van der Waals surface area contributed by atoms with E-state index in [4.69, 9.17) is 4.74 Å². The van der Waals surface area contributed by atoms with Crippen molar-refractivity contribution >= 4 is 21.8 Å². The first-order chi connectivity index (χ1) is 9.58. The fourth-order valence-corrected chi connectivity index (χ4v) is 2.19. The number of rotatable bonds is 4. The Bertz CT molecular complexity index is 597. The predicted molar refractivity (Wildman–Crippen MR) is 83.8 cm³/mol. The van der Waals surface area contributed by atoms with Crippen LogP contribution in [0.1, 0.15) is 0 Å². The largest absolute Gasteiger partial charge is 0.483 e. The van der Waals surface area contributed by atoms with Crippen LogP contribution in [0.2, 0.25) is 0 Å². The second-order valence-electron chi connectivity index (χ2n) is 4.59. The van der Waals surface area contributed by atoms with Gasteiger partial charge in [0.1, 0.15) is 5.75 Å². The van der Waals surface area contributed by atoms with Gasteiger partial charge in [0.25, 0.3) is 5.91 Å². The molecule has 0 aliphatic heterocycles. The standard InChI is InChI=1S/C16H16BrNO2/c1-18(2)16(19)11-20-15-9-8-13(10-14(15)17)12-6-4-3-5-7-12/h3-10H,11H2,1-2H3. The van der Waals surface area contributed by atoms with Gasteiger partial charge < -0.3 is 9.64 Å². The van der Waals surface area contributed by atoms with Gasteiger partial charge >= 0.3 is 0 Å². The van der Waals surface area contributed by atoms with Crippen LogP contribution in [0, 0.1) is 0 Å². The summed E-state index contributed by atoms with van der Waals surface area (Å²) in [6.45, 7) is 0.0380. The summed E-state index contributed by atoms with van der Waals surface area (Å²) in [6.07, 6.45) is 0. The van der Waals surface area contributed by atoms with Crippen LogP contribution >= 0.6 is 15.9 Å². The molecule has 4 heteroatoms. The van der Waals surface area contributed by atoms with Crippen LogP contribution in [0.25, 0.3) is 11.1 Å². The number of carbonyl (C=O) groups is 1. The van der Waals surface area contributed by atoms with Gasteiger partial charge in [-0.05, 0) is 39.2 Å². The van der Waals surface area contributed by atoms with E-state index in [1.165, 1.54) is 4.90 Å². The molecular formula is C16H16BrNO2. The summed E-state index contributed by atoms with van der Waals surface area (Å²) in [6, 6.07) is 15.9. The van der Waals surface area contributed by atoms with Crippen LogP contribution in [-0.4, -0.2) is 31.5 Å². The topological polar surface area (TPSA) is 29.5 Å². The van der Waals surface area contributed by atoms with E-state index in [0.29, 0.717) is 5.75 Å². The maximum Gasteiger partial charge on any atom is 0.259 e. The van der Waals surface area contributed by atoms with Gasteiger partial charge in [-0.15, -0.1) is 0 Å². The molecule has 0 saturated heterocycles. The Balaban J connectivity index is 2.12.